The highest BCUT2D eigenvalue weighted by atomic mass is 16.5. The second kappa shape index (κ2) is 8.00. The molecule has 0 saturated heterocycles. The van der Waals surface area contributed by atoms with E-state index >= 15 is 0 Å². The minimum absolute atomic E-state index is 0.354. The van der Waals surface area contributed by atoms with E-state index in [0.717, 1.165) is 18.6 Å². The Bertz CT molecular complexity index is 477. The van der Waals surface area contributed by atoms with Crippen LogP contribution in [0.3, 0.4) is 0 Å². The topological polar surface area (TPSA) is 33.0 Å². The summed E-state index contributed by atoms with van der Waals surface area (Å²) < 4.78 is 5.89. The molecule has 0 heterocycles. The molecule has 0 N–H and O–H groups in total. The Balaban J connectivity index is 1.82. The minimum atomic E-state index is 0.354. The Morgan fingerprint density at radius 1 is 1.29 bits per heavy atom. The average Bonchev–Trinajstić information content (AvgIpc) is 2.55. The molecule has 2 nitrogen and oxygen atoms in total. The maximum absolute atomic E-state index is 8.85. The van der Waals surface area contributed by atoms with Gasteiger partial charge in [-0.2, -0.15) is 5.26 Å². The van der Waals surface area contributed by atoms with Crippen molar-refractivity contribution in [3.05, 3.63) is 48.0 Å². The lowest BCUT2D eigenvalue weighted by Crippen LogP contribution is -2.25. The molecule has 0 aromatic heterocycles. The van der Waals surface area contributed by atoms with Gasteiger partial charge < -0.3 is 4.74 Å². The molecule has 1 unspecified atom stereocenters. The van der Waals surface area contributed by atoms with Crippen LogP contribution < -0.4 is 0 Å². The SMILES string of the molecule is C=CCCOC(C)C1CCC(c2ccc(C#N)cc2)CC1. The number of rotatable bonds is 6. The minimum Gasteiger partial charge on any atom is -0.378 e. The zero-order valence-electron chi connectivity index (χ0n) is 12.9. The summed E-state index contributed by atoms with van der Waals surface area (Å²) in [6.07, 6.45) is 8.13. The van der Waals surface area contributed by atoms with Crippen LogP contribution in [0.5, 0.6) is 0 Å². The smallest absolute Gasteiger partial charge is 0.0991 e. The monoisotopic (exact) mass is 283 g/mol. The van der Waals surface area contributed by atoms with Crippen molar-refractivity contribution in [2.45, 2.75) is 51.0 Å². The van der Waals surface area contributed by atoms with E-state index in [4.69, 9.17) is 10.00 Å². The van der Waals surface area contributed by atoms with Crippen molar-refractivity contribution in [3.63, 3.8) is 0 Å². The molecule has 1 fully saturated rings. The third kappa shape index (κ3) is 4.44. The molecule has 1 aromatic carbocycles. The zero-order valence-corrected chi connectivity index (χ0v) is 12.9. The number of benzene rings is 1. The van der Waals surface area contributed by atoms with E-state index in [2.05, 4.69) is 31.7 Å². The van der Waals surface area contributed by atoms with Gasteiger partial charge >= 0.3 is 0 Å². The van der Waals surface area contributed by atoms with Gasteiger partial charge in [0.1, 0.15) is 0 Å². The van der Waals surface area contributed by atoms with Gasteiger partial charge in [-0.05, 0) is 68.6 Å². The summed E-state index contributed by atoms with van der Waals surface area (Å²) in [4.78, 5) is 0. The van der Waals surface area contributed by atoms with Crippen LogP contribution in [0, 0.1) is 17.2 Å². The molecular formula is C19H25NO. The van der Waals surface area contributed by atoms with Gasteiger partial charge in [-0.3, -0.25) is 0 Å². The summed E-state index contributed by atoms with van der Waals surface area (Å²) in [6, 6.07) is 10.3. The number of hydrogen-bond donors (Lipinski definition) is 0. The van der Waals surface area contributed by atoms with Gasteiger partial charge in [0.15, 0.2) is 0 Å². The molecule has 2 rings (SSSR count). The Labute approximate surface area is 128 Å². The second-order valence-electron chi connectivity index (χ2n) is 6.00. The highest BCUT2D eigenvalue weighted by Gasteiger charge is 2.26. The van der Waals surface area contributed by atoms with Crippen molar-refractivity contribution in [1.82, 2.24) is 0 Å². The van der Waals surface area contributed by atoms with Crippen molar-refractivity contribution in [2.24, 2.45) is 5.92 Å². The zero-order chi connectivity index (χ0) is 15.1. The van der Waals surface area contributed by atoms with E-state index in [1.165, 1.54) is 31.2 Å². The Kier molecular flexibility index (Phi) is 6.02. The van der Waals surface area contributed by atoms with Crippen LogP contribution in [-0.2, 0) is 4.74 Å². The predicted octanol–water partition coefficient (Wildman–Crippen LogP) is 4.81. The number of ether oxygens (including phenoxy) is 1. The molecule has 0 radical (unpaired) electrons. The molecule has 1 aromatic rings. The molecule has 1 saturated carbocycles. The van der Waals surface area contributed by atoms with Gasteiger partial charge in [-0.15, -0.1) is 6.58 Å². The summed E-state index contributed by atoms with van der Waals surface area (Å²) in [5.74, 6) is 1.33. The first-order valence-electron chi connectivity index (χ1n) is 7.97. The third-order valence-electron chi connectivity index (χ3n) is 4.65. The lowest BCUT2D eigenvalue weighted by Gasteiger charge is -2.32. The van der Waals surface area contributed by atoms with Gasteiger partial charge in [-0.1, -0.05) is 18.2 Å². The quantitative estimate of drug-likeness (QED) is 0.554. The summed E-state index contributed by atoms with van der Waals surface area (Å²) in [5.41, 5.74) is 2.13. The van der Waals surface area contributed by atoms with Crippen molar-refractivity contribution in [3.8, 4) is 6.07 Å². The first-order chi connectivity index (χ1) is 10.2. The van der Waals surface area contributed by atoms with Gasteiger partial charge in [0.25, 0.3) is 0 Å². The van der Waals surface area contributed by atoms with E-state index in [0.29, 0.717) is 17.9 Å². The maximum Gasteiger partial charge on any atom is 0.0991 e. The average molecular weight is 283 g/mol. The fourth-order valence-electron chi connectivity index (χ4n) is 3.23. The number of nitriles is 1. The first-order valence-corrected chi connectivity index (χ1v) is 7.97. The Hall–Kier alpha value is -1.59. The molecule has 112 valence electrons. The fourth-order valence-corrected chi connectivity index (χ4v) is 3.23. The lowest BCUT2D eigenvalue weighted by molar-refractivity contribution is 0.0135. The molecule has 0 bridgehead atoms. The Morgan fingerprint density at radius 3 is 2.52 bits per heavy atom. The van der Waals surface area contributed by atoms with E-state index in [-0.39, 0.29) is 0 Å². The van der Waals surface area contributed by atoms with E-state index < -0.39 is 0 Å². The van der Waals surface area contributed by atoms with E-state index in [1.54, 1.807) is 0 Å². The van der Waals surface area contributed by atoms with E-state index in [1.807, 2.05) is 18.2 Å². The molecule has 0 aliphatic heterocycles. The highest BCUT2D eigenvalue weighted by Crippen LogP contribution is 2.37. The molecule has 2 heteroatoms. The van der Waals surface area contributed by atoms with Crippen molar-refractivity contribution < 1.29 is 4.74 Å². The van der Waals surface area contributed by atoms with Gasteiger partial charge in [0.05, 0.1) is 24.3 Å². The van der Waals surface area contributed by atoms with Crippen LogP contribution in [0.4, 0.5) is 0 Å². The molecule has 1 aliphatic carbocycles. The van der Waals surface area contributed by atoms with Gasteiger partial charge in [-0.25, -0.2) is 0 Å². The van der Waals surface area contributed by atoms with Crippen LogP contribution in [0.2, 0.25) is 0 Å². The number of nitrogens with zero attached hydrogens (tertiary/aromatic N) is 1. The molecule has 0 amide bonds. The van der Waals surface area contributed by atoms with Crippen LogP contribution >= 0.6 is 0 Å². The predicted molar refractivity (Wildman–Crippen MR) is 86.1 cm³/mol. The van der Waals surface area contributed by atoms with Gasteiger partial charge in [0, 0.05) is 0 Å². The summed E-state index contributed by atoms with van der Waals surface area (Å²) in [6.45, 7) is 6.72. The van der Waals surface area contributed by atoms with Crippen LogP contribution in [0.25, 0.3) is 0 Å². The maximum atomic E-state index is 8.85. The fraction of sp³-hybridized carbons (Fsp3) is 0.526. The Morgan fingerprint density at radius 2 is 1.95 bits per heavy atom. The molecule has 0 spiro atoms. The van der Waals surface area contributed by atoms with Crippen molar-refractivity contribution in [2.75, 3.05) is 6.61 Å². The van der Waals surface area contributed by atoms with Gasteiger partial charge in [0.2, 0.25) is 0 Å². The molecule has 21 heavy (non-hydrogen) atoms. The van der Waals surface area contributed by atoms with Crippen molar-refractivity contribution in [1.29, 1.82) is 5.26 Å². The number of hydrogen-bond acceptors (Lipinski definition) is 2. The third-order valence-corrected chi connectivity index (χ3v) is 4.65. The lowest BCUT2D eigenvalue weighted by atomic mass is 9.77. The highest BCUT2D eigenvalue weighted by molar-refractivity contribution is 5.33. The normalized spacial score (nSPS) is 23.2. The van der Waals surface area contributed by atoms with Crippen LogP contribution in [0.1, 0.15) is 56.1 Å². The first kappa shape index (κ1) is 15.8. The standard InChI is InChI=1S/C19H25NO/c1-3-4-13-21-15(2)17-9-11-19(12-10-17)18-7-5-16(14-20)6-8-18/h3,5-8,15,17,19H,1,4,9-13H2,2H3. The van der Waals surface area contributed by atoms with Crippen LogP contribution in [0.15, 0.2) is 36.9 Å². The van der Waals surface area contributed by atoms with Crippen molar-refractivity contribution >= 4 is 0 Å². The summed E-state index contributed by atoms with van der Waals surface area (Å²) in [5, 5.41) is 8.85. The molecule has 1 aliphatic rings. The second-order valence-corrected chi connectivity index (χ2v) is 6.00. The van der Waals surface area contributed by atoms with Crippen LogP contribution in [-0.4, -0.2) is 12.7 Å². The summed E-state index contributed by atoms with van der Waals surface area (Å²) >= 11 is 0. The largest absolute Gasteiger partial charge is 0.378 e. The molecular weight excluding hydrogens is 258 g/mol. The van der Waals surface area contributed by atoms with E-state index in [9.17, 15) is 0 Å². The molecule has 1 atom stereocenters. The summed E-state index contributed by atoms with van der Waals surface area (Å²) in [7, 11) is 0.